The van der Waals surface area contributed by atoms with Crippen LogP contribution in [0.2, 0.25) is 0 Å². The molecule has 3 heteroatoms. The first-order valence-corrected chi connectivity index (χ1v) is 7.80. The highest BCUT2D eigenvalue weighted by Crippen LogP contribution is 2.37. The van der Waals surface area contributed by atoms with Crippen LogP contribution < -0.4 is 5.32 Å². The number of hydrogen-bond acceptors (Lipinski definition) is 2. The van der Waals surface area contributed by atoms with E-state index in [0.717, 1.165) is 13.0 Å². The van der Waals surface area contributed by atoms with Crippen molar-refractivity contribution in [1.82, 2.24) is 10.2 Å². The zero-order chi connectivity index (χ0) is 13.9. The van der Waals surface area contributed by atoms with Crippen LogP contribution in [-0.2, 0) is 17.9 Å². The van der Waals surface area contributed by atoms with Crippen LogP contribution in [0.25, 0.3) is 0 Å². The highest BCUT2D eigenvalue weighted by Gasteiger charge is 2.38. The van der Waals surface area contributed by atoms with Crippen LogP contribution >= 0.6 is 0 Å². The molecule has 1 aliphatic carbocycles. The van der Waals surface area contributed by atoms with Crippen molar-refractivity contribution in [3.05, 3.63) is 35.4 Å². The van der Waals surface area contributed by atoms with Crippen LogP contribution in [0.5, 0.6) is 0 Å². The van der Waals surface area contributed by atoms with Crippen molar-refractivity contribution >= 4 is 5.91 Å². The molecule has 1 saturated heterocycles. The molecule has 1 N–H and O–H groups in total. The topological polar surface area (TPSA) is 32.3 Å². The van der Waals surface area contributed by atoms with Gasteiger partial charge in [-0.3, -0.25) is 9.69 Å². The molecule has 20 heavy (non-hydrogen) atoms. The summed E-state index contributed by atoms with van der Waals surface area (Å²) in [6, 6.07) is 8.67. The van der Waals surface area contributed by atoms with Gasteiger partial charge in [0.1, 0.15) is 0 Å². The SMILES string of the molecule is C[C@@H]1C[C@@H]1C(=O)NCc1ccc(CN2CCCC2)cc1. The molecule has 3 rings (SSSR count). The van der Waals surface area contributed by atoms with E-state index in [1.165, 1.54) is 37.1 Å². The average Bonchev–Trinajstić information content (AvgIpc) is 2.98. The highest BCUT2D eigenvalue weighted by molar-refractivity contribution is 5.81. The Morgan fingerprint density at radius 1 is 1.20 bits per heavy atom. The highest BCUT2D eigenvalue weighted by atomic mass is 16.2. The third-order valence-corrected chi connectivity index (χ3v) is 4.54. The van der Waals surface area contributed by atoms with E-state index in [2.05, 4.69) is 41.4 Å². The number of nitrogens with one attached hydrogen (secondary N) is 1. The van der Waals surface area contributed by atoms with Crippen LogP contribution in [0.1, 0.15) is 37.3 Å². The molecule has 1 aromatic carbocycles. The first-order valence-electron chi connectivity index (χ1n) is 7.80. The summed E-state index contributed by atoms with van der Waals surface area (Å²) in [5.41, 5.74) is 2.56. The molecule has 0 unspecified atom stereocenters. The summed E-state index contributed by atoms with van der Waals surface area (Å²) in [6.07, 6.45) is 3.73. The Morgan fingerprint density at radius 2 is 1.80 bits per heavy atom. The summed E-state index contributed by atoms with van der Waals surface area (Å²) >= 11 is 0. The molecule has 0 spiro atoms. The summed E-state index contributed by atoms with van der Waals surface area (Å²) in [5, 5.41) is 3.03. The van der Waals surface area contributed by atoms with Gasteiger partial charge < -0.3 is 5.32 Å². The lowest BCUT2D eigenvalue weighted by molar-refractivity contribution is -0.122. The first-order chi connectivity index (χ1) is 9.72. The second kappa shape index (κ2) is 5.96. The second-order valence-electron chi connectivity index (χ2n) is 6.34. The maximum Gasteiger partial charge on any atom is 0.223 e. The maximum atomic E-state index is 11.8. The maximum absolute atomic E-state index is 11.8. The lowest BCUT2D eigenvalue weighted by Gasteiger charge is -2.14. The average molecular weight is 272 g/mol. The van der Waals surface area contributed by atoms with E-state index in [9.17, 15) is 4.79 Å². The predicted octanol–water partition coefficient (Wildman–Crippen LogP) is 2.55. The van der Waals surface area contributed by atoms with E-state index in [-0.39, 0.29) is 11.8 Å². The fraction of sp³-hybridized carbons (Fsp3) is 0.588. The molecule has 1 aliphatic heterocycles. The fourth-order valence-electron chi connectivity index (χ4n) is 2.97. The van der Waals surface area contributed by atoms with Crippen molar-refractivity contribution in [2.24, 2.45) is 11.8 Å². The van der Waals surface area contributed by atoms with E-state index in [1.54, 1.807) is 0 Å². The number of carbonyl (C=O) groups is 1. The van der Waals surface area contributed by atoms with Crippen molar-refractivity contribution in [3.8, 4) is 0 Å². The molecule has 1 amide bonds. The Hall–Kier alpha value is -1.35. The van der Waals surface area contributed by atoms with E-state index >= 15 is 0 Å². The third kappa shape index (κ3) is 3.40. The molecule has 1 aromatic rings. The van der Waals surface area contributed by atoms with E-state index in [4.69, 9.17) is 0 Å². The predicted molar refractivity (Wildman–Crippen MR) is 80.1 cm³/mol. The van der Waals surface area contributed by atoms with Gasteiger partial charge in [-0.15, -0.1) is 0 Å². The monoisotopic (exact) mass is 272 g/mol. The van der Waals surface area contributed by atoms with Crippen molar-refractivity contribution in [2.45, 2.75) is 39.3 Å². The molecule has 3 nitrogen and oxygen atoms in total. The molecule has 2 atom stereocenters. The van der Waals surface area contributed by atoms with Crippen LogP contribution in [0.3, 0.4) is 0 Å². The Morgan fingerprint density at radius 3 is 2.40 bits per heavy atom. The van der Waals surface area contributed by atoms with Gasteiger partial charge in [-0.05, 0) is 49.4 Å². The van der Waals surface area contributed by atoms with E-state index in [0.29, 0.717) is 12.5 Å². The van der Waals surface area contributed by atoms with Crippen molar-refractivity contribution < 1.29 is 4.79 Å². The van der Waals surface area contributed by atoms with Crippen molar-refractivity contribution in [1.29, 1.82) is 0 Å². The van der Waals surface area contributed by atoms with E-state index < -0.39 is 0 Å². The Labute approximate surface area is 121 Å². The zero-order valence-corrected chi connectivity index (χ0v) is 12.3. The smallest absolute Gasteiger partial charge is 0.223 e. The van der Waals surface area contributed by atoms with Crippen molar-refractivity contribution in [2.75, 3.05) is 13.1 Å². The van der Waals surface area contributed by atoms with Gasteiger partial charge in [0.15, 0.2) is 0 Å². The van der Waals surface area contributed by atoms with Gasteiger partial charge in [0.25, 0.3) is 0 Å². The number of hydrogen-bond donors (Lipinski definition) is 1. The molecule has 2 aliphatic rings. The molecular weight excluding hydrogens is 248 g/mol. The van der Waals surface area contributed by atoms with Gasteiger partial charge >= 0.3 is 0 Å². The fourth-order valence-corrected chi connectivity index (χ4v) is 2.97. The molecular formula is C17H24N2O. The van der Waals surface area contributed by atoms with Crippen LogP contribution in [0, 0.1) is 11.8 Å². The van der Waals surface area contributed by atoms with Crippen LogP contribution in [-0.4, -0.2) is 23.9 Å². The summed E-state index contributed by atoms with van der Waals surface area (Å²) in [5.74, 6) is 1.07. The lowest BCUT2D eigenvalue weighted by atomic mass is 10.1. The first kappa shape index (κ1) is 13.6. The summed E-state index contributed by atoms with van der Waals surface area (Å²) in [7, 11) is 0. The Balaban J connectivity index is 1.47. The van der Waals surface area contributed by atoms with Gasteiger partial charge in [0.2, 0.25) is 5.91 Å². The minimum Gasteiger partial charge on any atom is -0.352 e. The number of nitrogens with zero attached hydrogens (tertiary/aromatic N) is 1. The van der Waals surface area contributed by atoms with Gasteiger partial charge in [0, 0.05) is 19.0 Å². The second-order valence-corrected chi connectivity index (χ2v) is 6.34. The molecule has 0 radical (unpaired) electrons. The summed E-state index contributed by atoms with van der Waals surface area (Å²) in [4.78, 5) is 14.3. The molecule has 1 saturated carbocycles. The quantitative estimate of drug-likeness (QED) is 0.893. The number of likely N-dealkylation sites (tertiary alicyclic amines) is 1. The normalized spacial score (nSPS) is 25.6. The minimum absolute atomic E-state index is 0.221. The van der Waals surface area contributed by atoms with E-state index in [1.807, 2.05) is 0 Å². The van der Waals surface area contributed by atoms with Crippen LogP contribution in [0.4, 0.5) is 0 Å². The Bertz CT molecular complexity index is 462. The zero-order valence-electron chi connectivity index (χ0n) is 12.3. The van der Waals surface area contributed by atoms with Gasteiger partial charge in [-0.2, -0.15) is 0 Å². The summed E-state index contributed by atoms with van der Waals surface area (Å²) < 4.78 is 0. The number of amides is 1. The lowest BCUT2D eigenvalue weighted by Crippen LogP contribution is -2.24. The third-order valence-electron chi connectivity index (χ3n) is 4.54. The van der Waals surface area contributed by atoms with Gasteiger partial charge in [-0.25, -0.2) is 0 Å². The standard InChI is InChI=1S/C17H24N2O/c1-13-10-16(13)17(20)18-11-14-4-6-15(7-5-14)12-19-8-2-3-9-19/h4-7,13,16H,2-3,8-12H2,1H3,(H,18,20)/t13-,16+/m1/s1. The molecule has 0 bridgehead atoms. The number of rotatable bonds is 5. The van der Waals surface area contributed by atoms with Crippen LogP contribution in [0.15, 0.2) is 24.3 Å². The largest absolute Gasteiger partial charge is 0.352 e. The van der Waals surface area contributed by atoms with Gasteiger partial charge in [-0.1, -0.05) is 31.2 Å². The Kier molecular flexibility index (Phi) is 4.06. The molecule has 0 aromatic heterocycles. The molecule has 2 fully saturated rings. The molecule has 108 valence electrons. The van der Waals surface area contributed by atoms with Crippen molar-refractivity contribution in [3.63, 3.8) is 0 Å². The number of carbonyl (C=O) groups excluding carboxylic acids is 1. The summed E-state index contributed by atoms with van der Waals surface area (Å²) in [6.45, 7) is 6.32. The minimum atomic E-state index is 0.221. The number of benzene rings is 1. The van der Waals surface area contributed by atoms with Gasteiger partial charge in [0.05, 0.1) is 0 Å². The molecule has 1 heterocycles.